The highest BCUT2D eigenvalue weighted by Gasteiger charge is 2.41. The Morgan fingerprint density at radius 2 is 1.90 bits per heavy atom. The Kier molecular flexibility index (Phi) is 3.85. The Balaban J connectivity index is 1.76. The van der Waals surface area contributed by atoms with E-state index in [0.29, 0.717) is 5.92 Å². The van der Waals surface area contributed by atoms with Gasteiger partial charge in [-0.1, -0.05) is 37.8 Å². The Hall–Kier alpha value is -0.900. The highest BCUT2D eigenvalue weighted by Crippen LogP contribution is 2.39. The van der Waals surface area contributed by atoms with Gasteiger partial charge >= 0.3 is 0 Å². The van der Waals surface area contributed by atoms with E-state index in [2.05, 4.69) is 19.0 Å². The molecule has 20 heavy (non-hydrogen) atoms. The molecule has 0 amide bonds. The van der Waals surface area contributed by atoms with Gasteiger partial charge in [0.15, 0.2) is 5.82 Å². The van der Waals surface area contributed by atoms with Gasteiger partial charge in [-0.25, -0.2) is 0 Å². The number of aromatic nitrogens is 2. The van der Waals surface area contributed by atoms with Crippen LogP contribution in [-0.2, 0) is 5.41 Å². The lowest BCUT2D eigenvalue weighted by atomic mass is 9.72. The maximum absolute atomic E-state index is 6.32. The molecule has 2 aliphatic carbocycles. The third-order valence-corrected chi connectivity index (χ3v) is 5.59. The lowest BCUT2D eigenvalue weighted by molar-refractivity contribution is 0.202. The summed E-state index contributed by atoms with van der Waals surface area (Å²) in [4.78, 5) is 4.75. The zero-order chi connectivity index (χ0) is 14.2. The summed E-state index contributed by atoms with van der Waals surface area (Å²) in [5, 5.41) is 4.28. The summed E-state index contributed by atoms with van der Waals surface area (Å²) in [5.74, 6) is 3.04. The second-order valence-corrected chi connectivity index (χ2v) is 7.18. The average Bonchev–Trinajstić information content (AvgIpc) is 2.93. The fourth-order valence-corrected chi connectivity index (χ4v) is 3.78. The SMILES string of the molecule is CC1CCC(c2noc(C3(C)CCCCC3N)n2)CC1. The molecular weight excluding hydrogens is 250 g/mol. The molecule has 2 fully saturated rings. The Bertz CT molecular complexity index is 450. The summed E-state index contributed by atoms with van der Waals surface area (Å²) in [7, 11) is 0. The van der Waals surface area contributed by atoms with Crippen LogP contribution in [0.1, 0.15) is 82.8 Å². The molecule has 0 saturated heterocycles. The maximum Gasteiger partial charge on any atom is 0.234 e. The minimum absolute atomic E-state index is 0.120. The summed E-state index contributed by atoms with van der Waals surface area (Å²) in [6.07, 6.45) is 9.52. The van der Waals surface area contributed by atoms with Gasteiger partial charge in [0, 0.05) is 12.0 Å². The monoisotopic (exact) mass is 277 g/mol. The molecule has 4 heteroatoms. The van der Waals surface area contributed by atoms with Crippen molar-refractivity contribution in [1.82, 2.24) is 10.1 Å². The number of hydrogen-bond acceptors (Lipinski definition) is 4. The van der Waals surface area contributed by atoms with Crippen LogP contribution in [0.3, 0.4) is 0 Å². The molecule has 0 bridgehead atoms. The van der Waals surface area contributed by atoms with Crippen LogP contribution >= 0.6 is 0 Å². The van der Waals surface area contributed by atoms with E-state index in [-0.39, 0.29) is 11.5 Å². The van der Waals surface area contributed by atoms with Crippen LogP contribution < -0.4 is 5.73 Å². The van der Waals surface area contributed by atoms with Crippen LogP contribution in [-0.4, -0.2) is 16.2 Å². The summed E-state index contributed by atoms with van der Waals surface area (Å²) in [6.45, 7) is 4.52. The molecular formula is C16H27N3O. The molecule has 3 rings (SSSR count). The largest absolute Gasteiger partial charge is 0.339 e. The van der Waals surface area contributed by atoms with Gasteiger partial charge in [-0.15, -0.1) is 0 Å². The van der Waals surface area contributed by atoms with Crippen LogP contribution in [0.2, 0.25) is 0 Å². The maximum atomic E-state index is 6.32. The van der Waals surface area contributed by atoms with E-state index in [1.807, 2.05) is 0 Å². The Morgan fingerprint density at radius 1 is 1.15 bits per heavy atom. The van der Waals surface area contributed by atoms with Crippen molar-refractivity contribution in [3.8, 4) is 0 Å². The fourth-order valence-electron chi connectivity index (χ4n) is 3.78. The molecule has 1 aromatic rings. The van der Waals surface area contributed by atoms with Gasteiger partial charge in [-0.2, -0.15) is 4.98 Å². The smallest absolute Gasteiger partial charge is 0.234 e. The summed E-state index contributed by atoms with van der Waals surface area (Å²) >= 11 is 0. The van der Waals surface area contributed by atoms with Crippen molar-refractivity contribution in [1.29, 1.82) is 0 Å². The average molecular weight is 277 g/mol. The number of rotatable bonds is 2. The molecule has 2 atom stereocenters. The van der Waals surface area contributed by atoms with Gasteiger partial charge in [0.05, 0.1) is 5.41 Å². The molecule has 2 aliphatic rings. The van der Waals surface area contributed by atoms with Crippen molar-refractivity contribution in [3.63, 3.8) is 0 Å². The summed E-state index contributed by atoms with van der Waals surface area (Å²) in [5.41, 5.74) is 6.20. The Labute approximate surface area is 121 Å². The first-order valence-electron chi connectivity index (χ1n) is 8.19. The minimum atomic E-state index is -0.120. The zero-order valence-corrected chi connectivity index (χ0v) is 12.8. The van der Waals surface area contributed by atoms with Gasteiger partial charge in [0.1, 0.15) is 0 Å². The molecule has 0 aromatic carbocycles. The first-order valence-corrected chi connectivity index (χ1v) is 8.19. The molecule has 1 aromatic heterocycles. The number of nitrogens with two attached hydrogens (primary N) is 1. The van der Waals surface area contributed by atoms with Crippen molar-refractivity contribution >= 4 is 0 Å². The first-order chi connectivity index (χ1) is 9.59. The quantitative estimate of drug-likeness (QED) is 0.898. The predicted octanol–water partition coefficient (Wildman–Crippen LogP) is 3.52. The molecule has 4 nitrogen and oxygen atoms in total. The predicted molar refractivity (Wildman–Crippen MR) is 78.5 cm³/mol. The molecule has 0 radical (unpaired) electrons. The third-order valence-electron chi connectivity index (χ3n) is 5.59. The number of nitrogens with zero attached hydrogens (tertiary/aromatic N) is 2. The lowest BCUT2D eigenvalue weighted by Gasteiger charge is -2.36. The van der Waals surface area contributed by atoms with Crippen molar-refractivity contribution in [2.75, 3.05) is 0 Å². The third kappa shape index (κ3) is 2.50. The van der Waals surface area contributed by atoms with Crippen LogP contribution in [0.4, 0.5) is 0 Å². The molecule has 112 valence electrons. The highest BCUT2D eigenvalue weighted by atomic mass is 16.5. The van der Waals surface area contributed by atoms with Crippen molar-refractivity contribution < 1.29 is 4.52 Å². The van der Waals surface area contributed by atoms with Gasteiger partial charge in [0.25, 0.3) is 0 Å². The zero-order valence-electron chi connectivity index (χ0n) is 12.8. The van der Waals surface area contributed by atoms with Gasteiger partial charge in [0.2, 0.25) is 5.89 Å². The van der Waals surface area contributed by atoms with Gasteiger partial charge in [-0.05, 0) is 38.5 Å². The molecule has 2 saturated carbocycles. The van der Waals surface area contributed by atoms with Gasteiger partial charge in [-0.3, -0.25) is 0 Å². The summed E-state index contributed by atoms with van der Waals surface area (Å²) in [6, 6.07) is 0.149. The second kappa shape index (κ2) is 5.47. The molecule has 1 heterocycles. The normalized spacial score (nSPS) is 38.9. The van der Waals surface area contributed by atoms with Crippen molar-refractivity contribution in [2.24, 2.45) is 11.7 Å². The van der Waals surface area contributed by atoms with Crippen LogP contribution in [0.25, 0.3) is 0 Å². The van der Waals surface area contributed by atoms with E-state index in [9.17, 15) is 0 Å². The van der Waals surface area contributed by atoms with Crippen molar-refractivity contribution in [2.45, 2.75) is 82.6 Å². The lowest BCUT2D eigenvalue weighted by Crippen LogP contribution is -2.45. The van der Waals surface area contributed by atoms with E-state index in [4.69, 9.17) is 15.2 Å². The Morgan fingerprint density at radius 3 is 2.60 bits per heavy atom. The second-order valence-electron chi connectivity index (χ2n) is 7.18. The van der Waals surface area contributed by atoms with Crippen LogP contribution in [0, 0.1) is 5.92 Å². The first kappa shape index (κ1) is 14.1. The van der Waals surface area contributed by atoms with E-state index in [1.165, 1.54) is 38.5 Å². The van der Waals surface area contributed by atoms with E-state index in [0.717, 1.165) is 30.5 Å². The molecule has 2 N–H and O–H groups in total. The summed E-state index contributed by atoms with van der Waals surface area (Å²) < 4.78 is 5.62. The number of hydrogen-bond donors (Lipinski definition) is 1. The topological polar surface area (TPSA) is 64.9 Å². The molecule has 0 aliphatic heterocycles. The van der Waals surface area contributed by atoms with Crippen LogP contribution in [0.5, 0.6) is 0 Å². The van der Waals surface area contributed by atoms with Crippen LogP contribution in [0.15, 0.2) is 4.52 Å². The highest BCUT2D eigenvalue weighted by molar-refractivity contribution is 5.11. The minimum Gasteiger partial charge on any atom is -0.339 e. The van der Waals surface area contributed by atoms with E-state index >= 15 is 0 Å². The molecule has 0 spiro atoms. The van der Waals surface area contributed by atoms with E-state index < -0.39 is 0 Å². The molecule has 2 unspecified atom stereocenters. The van der Waals surface area contributed by atoms with E-state index in [1.54, 1.807) is 0 Å². The van der Waals surface area contributed by atoms with Gasteiger partial charge < -0.3 is 10.3 Å². The fraction of sp³-hybridized carbons (Fsp3) is 0.875. The standard InChI is InChI=1S/C16H27N3O/c1-11-6-8-12(9-7-11)14-18-15(20-19-14)16(2)10-4-3-5-13(16)17/h11-13H,3-10,17H2,1-2H3. The van der Waals surface area contributed by atoms with Crippen molar-refractivity contribution in [3.05, 3.63) is 11.7 Å².